The number of ether oxygens (including phenoxy) is 1. The zero-order valence-corrected chi connectivity index (χ0v) is 13.7. The van der Waals surface area contributed by atoms with Gasteiger partial charge >= 0.3 is 0 Å². The van der Waals surface area contributed by atoms with Crippen LogP contribution in [0.15, 0.2) is 24.3 Å². The molecule has 1 fully saturated rings. The number of nitrogens with one attached hydrogen (secondary N) is 1. The monoisotopic (exact) mass is 307 g/mol. The van der Waals surface area contributed by atoms with E-state index in [1.54, 1.807) is 6.92 Å². The Morgan fingerprint density at radius 1 is 1.38 bits per heavy atom. The van der Waals surface area contributed by atoms with E-state index in [-0.39, 0.29) is 5.91 Å². The van der Waals surface area contributed by atoms with Crippen molar-refractivity contribution in [2.24, 2.45) is 0 Å². The van der Waals surface area contributed by atoms with Gasteiger partial charge in [0.15, 0.2) is 6.10 Å². The molecule has 1 aliphatic carbocycles. The SMILES string of the molecule is Cc1ccccc1OC(C)C(=O)NCCSC1CCCC1. The quantitative estimate of drug-likeness (QED) is 0.783. The van der Waals surface area contributed by atoms with Crippen molar-refractivity contribution in [3.05, 3.63) is 29.8 Å². The lowest BCUT2D eigenvalue weighted by Gasteiger charge is -2.16. The topological polar surface area (TPSA) is 38.3 Å². The third kappa shape index (κ3) is 5.27. The molecule has 1 amide bonds. The molecular weight excluding hydrogens is 282 g/mol. The Hall–Kier alpha value is -1.16. The van der Waals surface area contributed by atoms with Crippen LogP contribution >= 0.6 is 11.8 Å². The summed E-state index contributed by atoms with van der Waals surface area (Å²) >= 11 is 1.99. The largest absolute Gasteiger partial charge is 0.481 e. The van der Waals surface area contributed by atoms with Gasteiger partial charge in [-0.3, -0.25) is 4.79 Å². The second-order valence-electron chi connectivity index (χ2n) is 5.59. The van der Waals surface area contributed by atoms with E-state index in [1.807, 2.05) is 43.0 Å². The maximum absolute atomic E-state index is 12.0. The fraction of sp³-hybridized carbons (Fsp3) is 0.588. The van der Waals surface area contributed by atoms with E-state index in [4.69, 9.17) is 4.74 Å². The maximum atomic E-state index is 12.0. The Bertz CT molecular complexity index is 458. The summed E-state index contributed by atoms with van der Waals surface area (Å²) in [5.41, 5.74) is 1.05. The lowest BCUT2D eigenvalue weighted by atomic mass is 10.2. The van der Waals surface area contributed by atoms with Crippen LogP contribution < -0.4 is 10.1 Å². The highest BCUT2D eigenvalue weighted by Gasteiger charge is 2.17. The van der Waals surface area contributed by atoms with Gasteiger partial charge in [-0.05, 0) is 38.3 Å². The van der Waals surface area contributed by atoms with Crippen molar-refractivity contribution in [2.45, 2.75) is 50.9 Å². The summed E-state index contributed by atoms with van der Waals surface area (Å²) in [7, 11) is 0. The summed E-state index contributed by atoms with van der Waals surface area (Å²) in [5.74, 6) is 1.73. The van der Waals surface area contributed by atoms with Gasteiger partial charge in [-0.1, -0.05) is 31.0 Å². The molecule has 21 heavy (non-hydrogen) atoms. The molecular formula is C17H25NO2S. The van der Waals surface area contributed by atoms with E-state index in [0.29, 0.717) is 0 Å². The lowest BCUT2D eigenvalue weighted by molar-refractivity contribution is -0.127. The predicted octanol–water partition coefficient (Wildman–Crippen LogP) is 3.55. The number of benzene rings is 1. The molecule has 0 saturated heterocycles. The molecule has 0 heterocycles. The molecule has 1 N–H and O–H groups in total. The van der Waals surface area contributed by atoms with E-state index < -0.39 is 6.10 Å². The first kappa shape index (κ1) is 16.2. The third-order valence-electron chi connectivity index (χ3n) is 3.82. The molecule has 0 spiro atoms. The van der Waals surface area contributed by atoms with Crippen LogP contribution in [0, 0.1) is 6.92 Å². The van der Waals surface area contributed by atoms with Crippen LogP contribution in [0.1, 0.15) is 38.2 Å². The van der Waals surface area contributed by atoms with Crippen molar-refractivity contribution in [1.29, 1.82) is 0 Å². The zero-order valence-electron chi connectivity index (χ0n) is 12.9. The second kappa shape index (κ2) is 8.32. The fourth-order valence-corrected chi connectivity index (χ4v) is 3.75. The van der Waals surface area contributed by atoms with Crippen molar-refractivity contribution in [3.8, 4) is 5.75 Å². The number of rotatable bonds is 7. The molecule has 1 aliphatic rings. The molecule has 1 unspecified atom stereocenters. The van der Waals surface area contributed by atoms with Gasteiger partial charge in [0.2, 0.25) is 0 Å². The Labute approximate surface area is 131 Å². The molecule has 1 saturated carbocycles. The Morgan fingerprint density at radius 2 is 2.10 bits per heavy atom. The molecule has 2 rings (SSSR count). The van der Waals surface area contributed by atoms with Gasteiger partial charge in [-0.15, -0.1) is 0 Å². The van der Waals surface area contributed by atoms with Crippen LogP contribution in [0.25, 0.3) is 0 Å². The summed E-state index contributed by atoms with van der Waals surface area (Å²) in [6.07, 6.45) is 4.95. The highest BCUT2D eigenvalue weighted by Crippen LogP contribution is 2.28. The Morgan fingerprint density at radius 3 is 2.81 bits per heavy atom. The fourth-order valence-electron chi connectivity index (χ4n) is 2.53. The van der Waals surface area contributed by atoms with E-state index in [2.05, 4.69) is 5.32 Å². The lowest BCUT2D eigenvalue weighted by Crippen LogP contribution is -2.37. The number of carbonyl (C=O) groups is 1. The smallest absolute Gasteiger partial charge is 0.260 e. The minimum absolute atomic E-state index is 0.0368. The third-order valence-corrected chi connectivity index (χ3v) is 5.21. The standard InChI is InChI=1S/C17H25NO2S/c1-13-7-3-6-10-16(13)20-14(2)17(19)18-11-12-21-15-8-4-5-9-15/h3,6-7,10,14-15H,4-5,8-9,11-12H2,1-2H3,(H,18,19). The zero-order chi connectivity index (χ0) is 15.1. The van der Waals surface area contributed by atoms with E-state index in [1.165, 1.54) is 25.7 Å². The average Bonchev–Trinajstić information content (AvgIpc) is 2.99. The van der Waals surface area contributed by atoms with Crippen molar-refractivity contribution in [3.63, 3.8) is 0 Å². The van der Waals surface area contributed by atoms with Crippen molar-refractivity contribution < 1.29 is 9.53 Å². The Balaban J connectivity index is 1.66. The Kier molecular flexibility index (Phi) is 6.43. The van der Waals surface area contributed by atoms with Crippen molar-refractivity contribution in [1.82, 2.24) is 5.32 Å². The average molecular weight is 307 g/mol. The molecule has 0 bridgehead atoms. The van der Waals surface area contributed by atoms with Crippen LogP contribution in [0.5, 0.6) is 5.75 Å². The van der Waals surface area contributed by atoms with Crippen molar-refractivity contribution in [2.75, 3.05) is 12.3 Å². The number of aryl methyl sites for hydroxylation is 1. The molecule has 0 radical (unpaired) electrons. The first-order valence-electron chi connectivity index (χ1n) is 7.78. The minimum atomic E-state index is -0.456. The van der Waals surface area contributed by atoms with Gasteiger partial charge in [-0.2, -0.15) is 11.8 Å². The molecule has 1 aromatic carbocycles. The number of thioether (sulfide) groups is 1. The predicted molar refractivity (Wildman–Crippen MR) is 89.0 cm³/mol. The van der Waals surface area contributed by atoms with E-state index in [9.17, 15) is 4.79 Å². The van der Waals surface area contributed by atoms with Gasteiger partial charge in [-0.25, -0.2) is 0 Å². The second-order valence-corrected chi connectivity index (χ2v) is 7.00. The first-order chi connectivity index (χ1) is 10.2. The van der Waals surface area contributed by atoms with Gasteiger partial charge < -0.3 is 10.1 Å². The summed E-state index contributed by atoms with van der Waals surface area (Å²) in [6, 6.07) is 7.77. The van der Waals surface area contributed by atoms with Crippen LogP contribution in [0.3, 0.4) is 0 Å². The molecule has 1 atom stereocenters. The number of carbonyl (C=O) groups excluding carboxylic acids is 1. The molecule has 0 aliphatic heterocycles. The number of hydrogen-bond acceptors (Lipinski definition) is 3. The number of hydrogen-bond donors (Lipinski definition) is 1. The van der Waals surface area contributed by atoms with E-state index >= 15 is 0 Å². The molecule has 4 heteroatoms. The van der Waals surface area contributed by atoms with Crippen LogP contribution in [-0.4, -0.2) is 29.6 Å². The van der Waals surface area contributed by atoms with E-state index in [0.717, 1.165) is 28.9 Å². The minimum Gasteiger partial charge on any atom is -0.481 e. The summed E-state index contributed by atoms with van der Waals surface area (Å²) in [4.78, 5) is 12.0. The highest BCUT2D eigenvalue weighted by molar-refractivity contribution is 7.99. The molecule has 116 valence electrons. The van der Waals surface area contributed by atoms with Gasteiger partial charge in [0.1, 0.15) is 5.75 Å². The number of amides is 1. The molecule has 0 aromatic heterocycles. The summed E-state index contributed by atoms with van der Waals surface area (Å²) in [5, 5.41) is 3.77. The van der Waals surface area contributed by atoms with Gasteiger partial charge in [0.25, 0.3) is 5.91 Å². The summed E-state index contributed by atoms with van der Waals surface area (Å²) in [6.45, 7) is 4.51. The number of para-hydroxylation sites is 1. The van der Waals surface area contributed by atoms with Crippen LogP contribution in [0.2, 0.25) is 0 Å². The maximum Gasteiger partial charge on any atom is 0.260 e. The first-order valence-corrected chi connectivity index (χ1v) is 8.83. The normalized spacial score (nSPS) is 16.7. The van der Waals surface area contributed by atoms with Gasteiger partial charge in [0, 0.05) is 17.5 Å². The van der Waals surface area contributed by atoms with Crippen LogP contribution in [-0.2, 0) is 4.79 Å². The summed E-state index contributed by atoms with van der Waals surface area (Å²) < 4.78 is 5.72. The molecule has 1 aromatic rings. The van der Waals surface area contributed by atoms with Crippen LogP contribution in [0.4, 0.5) is 0 Å². The molecule has 3 nitrogen and oxygen atoms in total. The van der Waals surface area contributed by atoms with Gasteiger partial charge in [0.05, 0.1) is 0 Å². The highest BCUT2D eigenvalue weighted by atomic mass is 32.2. The van der Waals surface area contributed by atoms with Crippen molar-refractivity contribution >= 4 is 17.7 Å².